The molecule has 6 nitrogen and oxygen atoms in total. The molecule has 3 N–H and O–H groups in total. The molecule has 0 aromatic heterocycles. The molecule has 2 unspecified atom stereocenters. The van der Waals surface area contributed by atoms with Crippen LogP contribution >= 0.6 is 0 Å². The lowest BCUT2D eigenvalue weighted by Gasteiger charge is -2.20. The van der Waals surface area contributed by atoms with Crippen LogP contribution in [-0.2, 0) is 14.3 Å². The topological polar surface area (TPSA) is 95.9 Å². The van der Waals surface area contributed by atoms with Crippen molar-refractivity contribution in [2.24, 2.45) is 0 Å². The Balaban J connectivity index is 3.44. The van der Waals surface area contributed by atoms with E-state index < -0.39 is 12.1 Å². The predicted molar refractivity (Wildman–Crippen MR) is 356 cm³/mol. The van der Waals surface area contributed by atoms with Gasteiger partial charge >= 0.3 is 5.97 Å². The van der Waals surface area contributed by atoms with Gasteiger partial charge in [0.15, 0.2) is 0 Å². The lowest BCUT2D eigenvalue weighted by molar-refractivity contribution is -0.143. The molecule has 0 saturated carbocycles. The lowest BCUT2D eigenvalue weighted by atomic mass is 10.0. The first-order valence-electron chi connectivity index (χ1n) is 36.4. The molecule has 0 radical (unpaired) electrons. The molecule has 0 bridgehead atoms. The molecule has 1 amide bonds. The minimum absolute atomic E-state index is 0.00606. The number of rotatable bonds is 68. The quantitative estimate of drug-likeness (QED) is 0.0320. The van der Waals surface area contributed by atoms with E-state index in [0.29, 0.717) is 19.4 Å². The number of carbonyl (C=O) groups excluding carboxylic acids is 2. The molecule has 0 spiro atoms. The highest BCUT2D eigenvalue weighted by molar-refractivity contribution is 5.76. The van der Waals surface area contributed by atoms with Crippen molar-refractivity contribution in [1.82, 2.24) is 5.32 Å². The molecule has 0 aliphatic carbocycles. The van der Waals surface area contributed by atoms with Gasteiger partial charge in [-0.15, -0.1) is 0 Å². The monoisotopic (exact) mass is 1140 g/mol. The van der Waals surface area contributed by atoms with Gasteiger partial charge in [-0.2, -0.15) is 0 Å². The van der Waals surface area contributed by atoms with Crippen LogP contribution in [0.5, 0.6) is 0 Å². The summed E-state index contributed by atoms with van der Waals surface area (Å²) in [6.07, 6.45) is 91.9. The number of amides is 1. The smallest absolute Gasteiger partial charge is 0.305 e. The highest BCUT2D eigenvalue weighted by Crippen LogP contribution is 2.18. The summed E-state index contributed by atoms with van der Waals surface area (Å²) in [5.74, 6) is -0.0655. The first kappa shape index (κ1) is 78.8. The van der Waals surface area contributed by atoms with Crippen LogP contribution in [0.25, 0.3) is 0 Å². The average Bonchev–Trinajstić information content (AvgIpc) is 3.47. The van der Waals surface area contributed by atoms with E-state index >= 15 is 0 Å². The molecular weight excluding hydrogens is 995 g/mol. The number of aliphatic hydroxyl groups is 2. The zero-order valence-electron chi connectivity index (χ0n) is 54.5. The van der Waals surface area contributed by atoms with E-state index in [-0.39, 0.29) is 18.5 Å². The number of hydrogen-bond donors (Lipinski definition) is 3. The maximum Gasteiger partial charge on any atom is 0.305 e. The van der Waals surface area contributed by atoms with Gasteiger partial charge in [-0.3, -0.25) is 9.59 Å². The molecule has 0 aliphatic heterocycles. The molecule has 6 heteroatoms. The molecule has 0 aromatic rings. The van der Waals surface area contributed by atoms with Crippen LogP contribution in [0.2, 0.25) is 0 Å². The van der Waals surface area contributed by atoms with Gasteiger partial charge in [-0.05, 0) is 89.9 Å². The maximum atomic E-state index is 12.5. The van der Waals surface area contributed by atoms with Crippen molar-refractivity contribution in [2.45, 2.75) is 405 Å². The number of carbonyl (C=O) groups is 2. The van der Waals surface area contributed by atoms with Gasteiger partial charge < -0.3 is 20.3 Å². The first-order chi connectivity index (χ1) is 40.0. The second kappa shape index (κ2) is 70.3. The number of allylic oxidation sites excluding steroid dienone is 7. The molecule has 476 valence electrons. The van der Waals surface area contributed by atoms with Crippen molar-refractivity contribution in [3.05, 3.63) is 48.6 Å². The zero-order valence-corrected chi connectivity index (χ0v) is 54.5. The van der Waals surface area contributed by atoms with Crippen molar-refractivity contribution < 1.29 is 24.5 Å². The fourth-order valence-corrected chi connectivity index (χ4v) is 11.3. The summed E-state index contributed by atoms with van der Waals surface area (Å²) in [5, 5.41) is 23.3. The summed E-state index contributed by atoms with van der Waals surface area (Å²) in [6, 6.07) is -0.635. The first-order valence-corrected chi connectivity index (χ1v) is 36.4. The summed E-state index contributed by atoms with van der Waals surface area (Å²) in [5.41, 5.74) is 0. The normalized spacial score (nSPS) is 12.8. The van der Waals surface area contributed by atoms with Crippen molar-refractivity contribution in [1.29, 1.82) is 0 Å². The number of hydrogen-bond acceptors (Lipinski definition) is 5. The zero-order chi connectivity index (χ0) is 58.5. The van der Waals surface area contributed by atoms with Crippen molar-refractivity contribution in [2.75, 3.05) is 13.2 Å². The molecule has 0 saturated heterocycles. The summed E-state index contributed by atoms with van der Waals surface area (Å²) >= 11 is 0. The van der Waals surface area contributed by atoms with Crippen LogP contribution in [0.4, 0.5) is 0 Å². The van der Waals surface area contributed by atoms with Gasteiger partial charge in [0.05, 0.1) is 25.4 Å². The van der Waals surface area contributed by atoms with E-state index in [1.165, 1.54) is 308 Å². The van der Waals surface area contributed by atoms with Crippen LogP contribution in [0.15, 0.2) is 48.6 Å². The summed E-state index contributed by atoms with van der Waals surface area (Å²) < 4.78 is 5.50. The second-order valence-electron chi connectivity index (χ2n) is 24.9. The molecule has 2 atom stereocenters. The summed E-state index contributed by atoms with van der Waals surface area (Å²) in [4.78, 5) is 24.6. The Hall–Kier alpha value is -2.18. The Bertz CT molecular complexity index is 1360. The van der Waals surface area contributed by atoms with E-state index in [4.69, 9.17) is 4.74 Å². The van der Waals surface area contributed by atoms with Gasteiger partial charge in [-0.1, -0.05) is 339 Å². The lowest BCUT2D eigenvalue weighted by Crippen LogP contribution is -2.45. The number of ether oxygens (including phenoxy) is 1. The van der Waals surface area contributed by atoms with Crippen LogP contribution < -0.4 is 5.32 Å². The third kappa shape index (κ3) is 66.8. The molecule has 0 rings (SSSR count). The van der Waals surface area contributed by atoms with Crippen molar-refractivity contribution in [3.63, 3.8) is 0 Å². The third-order valence-corrected chi connectivity index (χ3v) is 16.8. The van der Waals surface area contributed by atoms with E-state index in [0.717, 1.165) is 57.8 Å². The highest BCUT2D eigenvalue weighted by atomic mass is 16.5. The Morgan fingerprint density at radius 2 is 0.617 bits per heavy atom. The van der Waals surface area contributed by atoms with Gasteiger partial charge in [0.1, 0.15) is 0 Å². The predicted octanol–water partition coefficient (Wildman–Crippen LogP) is 23.6. The fraction of sp³-hybridized carbons (Fsp3) is 0.867. The van der Waals surface area contributed by atoms with E-state index in [1.54, 1.807) is 6.08 Å². The van der Waals surface area contributed by atoms with E-state index in [2.05, 4.69) is 55.6 Å². The number of esters is 1. The highest BCUT2D eigenvalue weighted by Gasteiger charge is 2.18. The standard InChI is InChI=1S/C75H141NO5/c1-3-5-7-9-11-13-15-17-19-21-23-24-25-28-32-35-39-43-47-51-55-59-63-67-73(78)72(71-77)76-74(79)68-64-60-56-52-48-44-40-36-33-29-26-27-30-34-38-42-46-50-54-58-62-66-70-81-75(80)69-65-61-57-53-49-45-41-37-31-22-20-18-16-14-12-10-8-6-4-2/h12,14,18,20,29,33,63,67,72-73,77-78H,3-11,13,15-17,19,21-28,30-32,34-62,64-66,68-71H2,1-2H3,(H,76,79)/b14-12-,20-18-,33-29-,67-63+. The Kier molecular flexibility index (Phi) is 68.4. The Morgan fingerprint density at radius 3 is 0.975 bits per heavy atom. The Labute approximate surface area is 506 Å². The van der Waals surface area contributed by atoms with E-state index in [9.17, 15) is 19.8 Å². The molecular formula is C75H141NO5. The van der Waals surface area contributed by atoms with Crippen LogP contribution in [0.3, 0.4) is 0 Å². The third-order valence-electron chi connectivity index (χ3n) is 16.8. The molecule has 0 aromatic carbocycles. The van der Waals surface area contributed by atoms with E-state index in [1.807, 2.05) is 6.08 Å². The fourth-order valence-electron chi connectivity index (χ4n) is 11.3. The summed E-state index contributed by atoms with van der Waals surface area (Å²) in [7, 11) is 0. The maximum absolute atomic E-state index is 12.5. The van der Waals surface area contributed by atoms with Gasteiger partial charge in [0.2, 0.25) is 5.91 Å². The largest absolute Gasteiger partial charge is 0.466 e. The van der Waals surface area contributed by atoms with Gasteiger partial charge in [0.25, 0.3) is 0 Å². The number of unbranched alkanes of at least 4 members (excludes halogenated alkanes) is 51. The molecule has 0 aliphatic rings. The summed E-state index contributed by atoms with van der Waals surface area (Å²) in [6.45, 7) is 4.91. The van der Waals surface area contributed by atoms with Crippen LogP contribution in [-0.4, -0.2) is 47.4 Å². The van der Waals surface area contributed by atoms with Gasteiger partial charge in [0, 0.05) is 12.8 Å². The van der Waals surface area contributed by atoms with Crippen LogP contribution in [0.1, 0.15) is 393 Å². The van der Waals surface area contributed by atoms with Gasteiger partial charge in [-0.25, -0.2) is 0 Å². The molecule has 0 fully saturated rings. The Morgan fingerprint density at radius 1 is 0.346 bits per heavy atom. The van der Waals surface area contributed by atoms with Crippen molar-refractivity contribution >= 4 is 11.9 Å². The average molecular weight is 1140 g/mol. The van der Waals surface area contributed by atoms with Crippen LogP contribution in [0, 0.1) is 0 Å². The molecule has 0 heterocycles. The molecule has 81 heavy (non-hydrogen) atoms. The second-order valence-corrected chi connectivity index (χ2v) is 24.9. The number of aliphatic hydroxyl groups excluding tert-OH is 2. The van der Waals surface area contributed by atoms with Crippen molar-refractivity contribution in [3.8, 4) is 0 Å². The number of nitrogens with one attached hydrogen (secondary N) is 1. The minimum Gasteiger partial charge on any atom is -0.466 e. The SMILES string of the molecule is CCCCC/C=C\C/C=C\CCCCCCCCCCCC(=O)OCCCCCCCCCCCCC/C=C\CCCCCCCCCC(=O)NC(CO)C(O)/C=C/CCCCCCCCCCCCCCCCCCCCCCC. The minimum atomic E-state index is -0.851.